The van der Waals surface area contributed by atoms with E-state index in [4.69, 9.17) is 4.52 Å². The molecule has 0 radical (unpaired) electrons. The molecular formula is C18H14FN7O2S. The predicted molar refractivity (Wildman–Crippen MR) is 104 cm³/mol. The number of halogens is 1. The molecule has 1 aromatic carbocycles. The summed E-state index contributed by atoms with van der Waals surface area (Å²) in [7, 11) is -2.56. The van der Waals surface area contributed by atoms with E-state index in [1.54, 1.807) is 35.0 Å². The molecule has 1 aliphatic heterocycles. The summed E-state index contributed by atoms with van der Waals surface area (Å²) in [5.74, 6) is 0.296. The van der Waals surface area contributed by atoms with E-state index in [0.29, 0.717) is 40.0 Å². The Balaban J connectivity index is 1.60. The van der Waals surface area contributed by atoms with Gasteiger partial charge in [0.05, 0.1) is 18.4 Å². The van der Waals surface area contributed by atoms with Crippen molar-refractivity contribution in [3.8, 4) is 22.9 Å². The van der Waals surface area contributed by atoms with E-state index >= 15 is 0 Å². The number of fused-ring (bicyclic) bond motifs is 1. The van der Waals surface area contributed by atoms with Crippen LogP contribution >= 0.6 is 0 Å². The molecule has 0 saturated heterocycles. The third-order valence-electron chi connectivity index (χ3n) is 4.32. The van der Waals surface area contributed by atoms with Crippen LogP contribution in [0.5, 0.6) is 0 Å². The standard InChI is InChI=1S/C18H14FN7O2S/c1-29(27)24-15-9-20-17(21-18(15)25-29)14-8-16(13-6-7-28-23-13)26(22-14)10-11-4-2-3-5-12(11)19/h2-9H,10H2,1H3,(H,20,21,24,25,27). The Morgan fingerprint density at radius 3 is 2.90 bits per heavy atom. The molecular weight excluding hydrogens is 397 g/mol. The van der Waals surface area contributed by atoms with E-state index in [9.17, 15) is 8.60 Å². The minimum Gasteiger partial charge on any atom is -0.364 e. The van der Waals surface area contributed by atoms with E-state index in [1.165, 1.54) is 24.8 Å². The minimum atomic E-state index is -2.56. The van der Waals surface area contributed by atoms with Crippen LogP contribution in [0.1, 0.15) is 5.56 Å². The van der Waals surface area contributed by atoms with Crippen LogP contribution in [0.25, 0.3) is 22.9 Å². The van der Waals surface area contributed by atoms with Gasteiger partial charge in [-0.05, 0) is 12.1 Å². The molecule has 1 atom stereocenters. The molecule has 0 spiro atoms. The number of nitrogens with one attached hydrogen (secondary N) is 1. The van der Waals surface area contributed by atoms with Crippen molar-refractivity contribution >= 4 is 21.4 Å². The van der Waals surface area contributed by atoms with Crippen molar-refractivity contribution in [3.05, 3.63) is 60.2 Å². The molecule has 5 rings (SSSR count). The molecule has 11 heteroatoms. The lowest BCUT2D eigenvalue weighted by Gasteiger charge is -2.06. The molecule has 0 saturated carbocycles. The topological polar surface area (TPSA) is 111 Å². The molecule has 0 aliphatic carbocycles. The van der Waals surface area contributed by atoms with Gasteiger partial charge in [0.1, 0.15) is 39.1 Å². The van der Waals surface area contributed by atoms with Crippen molar-refractivity contribution in [1.29, 1.82) is 0 Å². The first kappa shape index (κ1) is 17.5. The van der Waals surface area contributed by atoms with Gasteiger partial charge in [0.2, 0.25) is 0 Å². The molecule has 0 fully saturated rings. The number of hydrogen-bond donors (Lipinski definition) is 1. The fourth-order valence-electron chi connectivity index (χ4n) is 3.02. The summed E-state index contributed by atoms with van der Waals surface area (Å²) in [6.07, 6.45) is 4.45. The average Bonchev–Trinajstić information content (AvgIpc) is 3.40. The number of hydrogen-bond acceptors (Lipinski definition) is 7. The fourth-order valence-corrected chi connectivity index (χ4v) is 4.08. The second-order valence-corrected chi connectivity index (χ2v) is 8.47. The lowest BCUT2D eigenvalue weighted by atomic mass is 10.2. The van der Waals surface area contributed by atoms with Crippen LogP contribution in [0, 0.1) is 5.82 Å². The van der Waals surface area contributed by atoms with Gasteiger partial charge in [0.25, 0.3) is 0 Å². The van der Waals surface area contributed by atoms with Gasteiger partial charge in [0.15, 0.2) is 11.6 Å². The van der Waals surface area contributed by atoms with Gasteiger partial charge in [-0.1, -0.05) is 23.4 Å². The summed E-state index contributed by atoms with van der Waals surface area (Å²) >= 11 is 0. The third-order valence-corrected chi connectivity index (χ3v) is 5.44. The van der Waals surface area contributed by atoms with E-state index in [2.05, 4.69) is 29.3 Å². The van der Waals surface area contributed by atoms with Gasteiger partial charge < -0.3 is 4.52 Å². The van der Waals surface area contributed by atoms with E-state index in [-0.39, 0.29) is 12.4 Å². The second kappa shape index (κ2) is 6.48. The highest BCUT2D eigenvalue weighted by Crippen LogP contribution is 2.32. The van der Waals surface area contributed by atoms with Gasteiger partial charge in [-0.25, -0.2) is 18.6 Å². The Kier molecular flexibility index (Phi) is 3.91. The Labute approximate surface area is 164 Å². The highest BCUT2D eigenvalue weighted by molar-refractivity contribution is 7.94. The van der Waals surface area contributed by atoms with Gasteiger partial charge in [0, 0.05) is 17.9 Å². The average molecular weight is 411 g/mol. The Morgan fingerprint density at radius 1 is 1.24 bits per heavy atom. The largest absolute Gasteiger partial charge is 0.364 e. The van der Waals surface area contributed by atoms with Crippen LogP contribution < -0.4 is 4.72 Å². The third kappa shape index (κ3) is 3.25. The number of nitrogens with zero attached hydrogens (tertiary/aromatic N) is 6. The zero-order valence-electron chi connectivity index (χ0n) is 15.1. The molecule has 0 amide bonds. The summed E-state index contributed by atoms with van der Waals surface area (Å²) in [6, 6.07) is 9.92. The Morgan fingerprint density at radius 2 is 2.10 bits per heavy atom. The van der Waals surface area contributed by atoms with Crippen LogP contribution in [0.3, 0.4) is 0 Å². The Hall–Kier alpha value is -3.60. The van der Waals surface area contributed by atoms with Crippen LogP contribution in [-0.4, -0.2) is 35.4 Å². The molecule has 1 aliphatic rings. The van der Waals surface area contributed by atoms with Crippen molar-refractivity contribution in [1.82, 2.24) is 24.9 Å². The molecule has 4 aromatic rings. The molecule has 9 nitrogen and oxygen atoms in total. The number of rotatable bonds is 4. The molecule has 29 heavy (non-hydrogen) atoms. The first-order chi connectivity index (χ1) is 14.0. The van der Waals surface area contributed by atoms with Crippen molar-refractivity contribution in [2.45, 2.75) is 6.54 Å². The summed E-state index contributed by atoms with van der Waals surface area (Å²) in [6.45, 7) is 0.189. The summed E-state index contributed by atoms with van der Waals surface area (Å²) in [5, 5.41) is 8.50. The van der Waals surface area contributed by atoms with Gasteiger partial charge in [-0.15, -0.1) is 0 Å². The quantitative estimate of drug-likeness (QED) is 0.552. The van der Waals surface area contributed by atoms with Gasteiger partial charge in [-0.2, -0.15) is 9.46 Å². The van der Waals surface area contributed by atoms with Crippen LogP contribution in [0.4, 0.5) is 15.9 Å². The predicted octanol–water partition coefficient (Wildman–Crippen LogP) is 3.25. The fraction of sp³-hybridized carbons (Fsp3) is 0.111. The van der Waals surface area contributed by atoms with Crippen LogP contribution in [0.15, 0.2) is 57.7 Å². The van der Waals surface area contributed by atoms with E-state index in [0.717, 1.165) is 0 Å². The lowest BCUT2D eigenvalue weighted by Crippen LogP contribution is -2.06. The smallest absolute Gasteiger partial charge is 0.191 e. The van der Waals surface area contributed by atoms with Gasteiger partial charge in [-0.3, -0.25) is 9.40 Å². The number of anilines is 1. The summed E-state index contributed by atoms with van der Waals surface area (Å²) in [4.78, 5) is 8.66. The number of benzene rings is 1. The van der Waals surface area contributed by atoms with Gasteiger partial charge >= 0.3 is 0 Å². The zero-order chi connectivity index (χ0) is 20.0. The zero-order valence-corrected chi connectivity index (χ0v) is 15.9. The van der Waals surface area contributed by atoms with Crippen molar-refractivity contribution < 1.29 is 13.1 Å². The normalized spacial score (nSPS) is 17.6. The highest BCUT2D eigenvalue weighted by Gasteiger charge is 2.21. The molecule has 1 unspecified atom stereocenters. The van der Waals surface area contributed by atoms with Crippen molar-refractivity contribution in [3.63, 3.8) is 0 Å². The van der Waals surface area contributed by atoms with Crippen molar-refractivity contribution in [2.75, 3.05) is 11.0 Å². The first-order valence-corrected chi connectivity index (χ1v) is 10.5. The monoisotopic (exact) mass is 411 g/mol. The molecule has 3 aromatic heterocycles. The Bertz CT molecular complexity index is 1340. The maximum Gasteiger partial charge on any atom is 0.191 e. The lowest BCUT2D eigenvalue weighted by molar-refractivity contribution is 0.421. The van der Waals surface area contributed by atoms with Crippen LogP contribution in [-0.2, 0) is 16.5 Å². The maximum absolute atomic E-state index is 14.2. The second-order valence-electron chi connectivity index (χ2n) is 6.48. The van der Waals surface area contributed by atoms with Crippen molar-refractivity contribution in [2.24, 2.45) is 4.36 Å². The molecule has 0 bridgehead atoms. The number of aromatic nitrogens is 5. The molecule has 146 valence electrons. The summed E-state index contributed by atoms with van der Waals surface area (Å²) < 4.78 is 39.7. The highest BCUT2D eigenvalue weighted by atomic mass is 32.2. The first-order valence-electron chi connectivity index (χ1n) is 8.58. The van der Waals surface area contributed by atoms with Crippen LogP contribution in [0.2, 0.25) is 0 Å². The van der Waals surface area contributed by atoms with E-state index in [1.807, 2.05) is 0 Å². The maximum atomic E-state index is 14.2. The molecule has 4 heterocycles. The molecule has 1 N–H and O–H groups in total. The van der Waals surface area contributed by atoms with E-state index < -0.39 is 9.92 Å². The minimum absolute atomic E-state index is 0.189. The summed E-state index contributed by atoms with van der Waals surface area (Å²) in [5.41, 5.74) is 2.60. The SMILES string of the molecule is CS1(=O)=Nc2nc(-c3cc(-c4ccon4)n(Cc4ccccc4F)n3)ncc2N1.